The molecule has 1 aromatic rings. The topological polar surface area (TPSA) is 66.3 Å². The van der Waals surface area contributed by atoms with Gasteiger partial charge in [0.2, 0.25) is 0 Å². The van der Waals surface area contributed by atoms with Gasteiger partial charge in [0, 0.05) is 23.6 Å². The van der Waals surface area contributed by atoms with E-state index in [2.05, 4.69) is 14.9 Å². The van der Waals surface area contributed by atoms with Crippen molar-refractivity contribution in [3.05, 3.63) is 18.1 Å². The van der Waals surface area contributed by atoms with Crippen LogP contribution in [-0.2, 0) is 0 Å². The summed E-state index contributed by atoms with van der Waals surface area (Å²) in [6.07, 6.45) is 4.11. The first-order chi connectivity index (χ1) is 7.74. The van der Waals surface area contributed by atoms with Crippen molar-refractivity contribution in [2.75, 3.05) is 17.2 Å². The van der Waals surface area contributed by atoms with Gasteiger partial charge in [0.1, 0.15) is 5.82 Å². The molecule has 3 rings (SSSR count). The summed E-state index contributed by atoms with van der Waals surface area (Å²) in [5.41, 5.74) is 0.00230. The van der Waals surface area contributed by atoms with Crippen molar-refractivity contribution in [3.63, 3.8) is 0 Å². The third-order valence-corrected chi connectivity index (χ3v) is 4.44. The number of hydrogen-bond donors (Lipinski definition) is 1. The predicted molar refractivity (Wildman–Crippen MR) is 61.0 cm³/mol. The van der Waals surface area contributed by atoms with Crippen LogP contribution < -0.4 is 4.90 Å². The number of carboxylic acids is 1. The molecule has 84 valence electrons. The number of thioether (sulfide) groups is 1. The van der Waals surface area contributed by atoms with Gasteiger partial charge in [0.05, 0.1) is 12.4 Å². The average molecular weight is 237 g/mol. The minimum absolute atomic E-state index is 0.00230. The molecule has 0 amide bonds. The van der Waals surface area contributed by atoms with Crippen molar-refractivity contribution in [1.29, 1.82) is 0 Å². The van der Waals surface area contributed by atoms with Gasteiger partial charge in [-0.3, -0.25) is 0 Å². The highest BCUT2D eigenvalue weighted by Crippen LogP contribution is 2.39. The van der Waals surface area contributed by atoms with Gasteiger partial charge in [-0.25, -0.2) is 14.8 Å². The zero-order chi connectivity index (χ0) is 11.1. The van der Waals surface area contributed by atoms with Crippen molar-refractivity contribution >= 4 is 23.5 Å². The average Bonchev–Trinajstić information content (AvgIpc) is 2.91. The van der Waals surface area contributed by atoms with E-state index >= 15 is 0 Å². The van der Waals surface area contributed by atoms with Gasteiger partial charge in [0.15, 0.2) is 5.69 Å². The molecule has 3 heterocycles. The minimum atomic E-state index is -1.03. The third-order valence-electron chi connectivity index (χ3n) is 3.05. The molecule has 0 radical (unpaired) electrons. The van der Waals surface area contributed by atoms with Crippen LogP contribution in [0, 0.1) is 0 Å². The van der Waals surface area contributed by atoms with Gasteiger partial charge in [-0.05, 0) is 6.42 Å². The molecule has 6 heteroatoms. The van der Waals surface area contributed by atoms with Crippen LogP contribution in [0.4, 0.5) is 5.82 Å². The lowest BCUT2D eigenvalue weighted by molar-refractivity contribution is 0.0690. The van der Waals surface area contributed by atoms with Crippen molar-refractivity contribution in [1.82, 2.24) is 9.97 Å². The van der Waals surface area contributed by atoms with Gasteiger partial charge in [-0.15, -0.1) is 0 Å². The lowest BCUT2D eigenvalue weighted by Gasteiger charge is -2.27. The second-order valence-electron chi connectivity index (χ2n) is 4.06. The van der Waals surface area contributed by atoms with Gasteiger partial charge < -0.3 is 10.0 Å². The second kappa shape index (κ2) is 3.62. The fourth-order valence-electron chi connectivity index (χ4n) is 2.26. The fraction of sp³-hybridized carbons (Fsp3) is 0.500. The van der Waals surface area contributed by atoms with E-state index in [1.54, 1.807) is 6.20 Å². The molecule has 2 fully saturated rings. The Morgan fingerprint density at radius 2 is 2.38 bits per heavy atom. The number of aromatic nitrogens is 2. The van der Waals surface area contributed by atoms with Crippen molar-refractivity contribution in [3.8, 4) is 0 Å². The van der Waals surface area contributed by atoms with E-state index in [1.807, 2.05) is 11.8 Å². The van der Waals surface area contributed by atoms with E-state index in [-0.39, 0.29) is 5.69 Å². The van der Waals surface area contributed by atoms with Crippen LogP contribution >= 0.6 is 11.8 Å². The van der Waals surface area contributed by atoms with Crippen LogP contribution in [0.5, 0.6) is 0 Å². The summed E-state index contributed by atoms with van der Waals surface area (Å²) < 4.78 is 0. The molecule has 2 aliphatic heterocycles. The largest absolute Gasteiger partial charge is 0.476 e. The maximum absolute atomic E-state index is 10.6. The number of fused-ring (bicyclic) bond motifs is 2. The zero-order valence-corrected chi connectivity index (χ0v) is 9.35. The SMILES string of the molecule is O=C(O)c1cnc(N2C[C@@H]3C[C@H]2CS3)cn1. The highest BCUT2D eigenvalue weighted by Gasteiger charge is 2.39. The van der Waals surface area contributed by atoms with E-state index in [0.29, 0.717) is 11.3 Å². The summed E-state index contributed by atoms with van der Waals surface area (Å²) in [5.74, 6) is 0.919. The summed E-state index contributed by atoms with van der Waals surface area (Å²) in [5, 5.41) is 9.44. The van der Waals surface area contributed by atoms with E-state index in [1.165, 1.54) is 12.6 Å². The van der Waals surface area contributed by atoms with Gasteiger partial charge in [-0.2, -0.15) is 11.8 Å². The smallest absolute Gasteiger partial charge is 0.356 e. The number of aromatic carboxylic acids is 1. The Bertz CT molecular complexity index is 423. The van der Waals surface area contributed by atoms with Crippen molar-refractivity contribution in [2.24, 2.45) is 0 Å². The molecule has 16 heavy (non-hydrogen) atoms. The summed E-state index contributed by atoms with van der Waals surface area (Å²) in [6.45, 7) is 1.01. The Hall–Kier alpha value is -1.30. The van der Waals surface area contributed by atoms with Crippen LogP contribution in [-0.4, -0.2) is 44.6 Å². The summed E-state index contributed by atoms with van der Waals surface area (Å²) in [4.78, 5) is 20.9. The second-order valence-corrected chi connectivity index (χ2v) is 5.40. The molecule has 0 aliphatic carbocycles. The number of carbonyl (C=O) groups is 1. The molecule has 2 saturated heterocycles. The molecule has 1 N–H and O–H groups in total. The quantitative estimate of drug-likeness (QED) is 0.823. The number of anilines is 1. The minimum Gasteiger partial charge on any atom is -0.476 e. The van der Waals surface area contributed by atoms with Gasteiger partial charge in [-0.1, -0.05) is 0 Å². The lowest BCUT2D eigenvalue weighted by atomic mass is 10.2. The van der Waals surface area contributed by atoms with E-state index in [4.69, 9.17) is 5.11 Å². The third kappa shape index (κ3) is 1.53. The summed E-state index contributed by atoms with van der Waals surface area (Å²) >= 11 is 2.01. The molecule has 5 nitrogen and oxygen atoms in total. The first kappa shape index (κ1) is 9.89. The van der Waals surface area contributed by atoms with Crippen LogP contribution in [0.25, 0.3) is 0 Å². The molecule has 0 saturated carbocycles. The Balaban J connectivity index is 1.82. The van der Waals surface area contributed by atoms with Crippen molar-refractivity contribution < 1.29 is 9.90 Å². The standard InChI is InChI=1S/C10H11N3O2S/c14-10(15)8-2-12-9(3-11-8)13-4-7-1-6(13)5-16-7/h2-3,6-7H,1,4-5H2,(H,14,15)/t6-,7-/m0/s1. The first-order valence-corrected chi connectivity index (χ1v) is 6.22. The van der Waals surface area contributed by atoms with Crippen LogP contribution in [0.1, 0.15) is 16.9 Å². The van der Waals surface area contributed by atoms with Gasteiger partial charge in [0.25, 0.3) is 0 Å². The Morgan fingerprint density at radius 1 is 1.50 bits per heavy atom. The molecule has 2 atom stereocenters. The molecule has 1 aromatic heterocycles. The lowest BCUT2D eigenvalue weighted by Crippen LogP contribution is -2.34. The maximum Gasteiger partial charge on any atom is 0.356 e. The molecular weight excluding hydrogens is 226 g/mol. The highest BCUT2D eigenvalue weighted by atomic mass is 32.2. The van der Waals surface area contributed by atoms with Crippen molar-refractivity contribution in [2.45, 2.75) is 17.7 Å². The number of hydrogen-bond acceptors (Lipinski definition) is 5. The van der Waals surface area contributed by atoms with Crippen LogP contribution in [0.3, 0.4) is 0 Å². The summed E-state index contributed by atoms with van der Waals surface area (Å²) in [7, 11) is 0. The normalized spacial score (nSPS) is 27.4. The Kier molecular flexibility index (Phi) is 2.24. The molecule has 0 aromatic carbocycles. The van der Waals surface area contributed by atoms with Crippen LogP contribution in [0.2, 0.25) is 0 Å². The number of rotatable bonds is 2. The van der Waals surface area contributed by atoms with E-state index in [9.17, 15) is 4.79 Å². The summed E-state index contributed by atoms with van der Waals surface area (Å²) in [6, 6.07) is 0.556. The molecular formula is C10H11N3O2S. The zero-order valence-electron chi connectivity index (χ0n) is 8.54. The molecule has 2 bridgehead atoms. The maximum atomic E-state index is 10.6. The highest BCUT2D eigenvalue weighted by molar-refractivity contribution is 8.00. The molecule has 2 aliphatic rings. The predicted octanol–water partition coefficient (Wildman–Crippen LogP) is 0.869. The fourth-order valence-corrected chi connectivity index (χ4v) is 3.69. The van der Waals surface area contributed by atoms with Crippen LogP contribution in [0.15, 0.2) is 12.4 Å². The van der Waals surface area contributed by atoms with Gasteiger partial charge >= 0.3 is 5.97 Å². The Labute approximate surface area is 96.9 Å². The monoisotopic (exact) mass is 237 g/mol. The van der Waals surface area contributed by atoms with E-state index < -0.39 is 5.97 Å². The number of nitrogens with zero attached hydrogens (tertiary/aromatic N) is 3. The Morgan fingerprint density at radius 3 is 2.88 bits per heavy atom. The number of carboxylic acid groups (broad SMARTS) is 1. The first-order valence-electron chi connectivity index (χ1n) is 5.17. The van der Waals surface area contributed by atoms with E-state index in [0.717, 1.165) is 18.1 Å². The molecule has 0 spiro atoms. The molecule has 0 unspecified atom stereocenters.